The van der Waals surface area contributed by atoms with Crippen molar-refractivity contribution in [2.45, 2.75) is 82.8 Å². The fraction of sp³-hybridized carbons (Fsp3) is 0.594. The van der Waals surface area contributed by atoms with E-state index in [0.29, 0.717) is 44.3 Å². The Morgan fingerprint density at radius 1 is 1.14 bits per heavy atom. The molecule has 1 spiro atoms. The first-order valence-electron chi connectivity index (χ1n) is 15.5. The lowest BCUT2D eigenvalue weighted by atomic mass is 9.64. The number of likely N-dealkylation sites (tertiary alicyclic amines) is 1. The fourth-order valence-electron chi connectivity index (χ4n) is 7.76. The van der Waals surface area contributed by atoms with Crippen molar-refractivity contribution >= 4 is 28.8 Å². The summed E-state index contributed by atoms with van der Waals surface area (Å²) in [5.74, 6) is -2.31. The van der Waals surface area contributed by atoms with Crippen LogP contribution in [0.5, 0.6) is 0 Å². The largest absolute Gasteiger partial charge is 0.394 e. The SMILES string of the molecule is C=CCN(Cn1nnc2ccccc21)C(=O)C1N([C@@H](CC)CO)C(=O)[C@@H]2[C@H](C(=O)N(CC=C)CCC)[C@]3(CC)CCC12O3. The second kappa shape index (κ2) is 12.2. The van der Waals surface area contributed by atoms with Gasteiger partial charge in [0.1, 0.15) is 23.8 Å². The third-order valence-corrected chi connectivity index (χ3v) is 9.73. The third-order valence-electron chi connectivity index (χ3n) is 9.73. The number of aliphatic hydroxyl groups is 1. The highest BCUT2D eigenvalue weighted by Crippen LogP contribution is 2.65. The number of aromatic nitrogens is 3. The molecule has 0 radical (unpaired) electrons. The van der Waals surface area contributed by atoms with Crippen molar-refractivity contribution in [3.63, 3.8) is 0 Å². The topological polar surface area (TPSA) is 121 Å². The van der Waals surface area contributed by atoms with Gasteiger partial charge in [0.25, 0.3) is 0 Å². The van der Waals surface area contributed by atoms with E-state index in [2.05, 4.69) is 23.5 Å². The molecule has 3 aliphatic heterocycles. The van der Waals surface area contributed by atoms with Crippen LogP contribution in [0.3, 0.4) is 0 Å². The first-order valence-corrected chi connectivity index (χ1v) is 15.5. The van der Waals surface area contributed by atoms with Gasteiger partial charge in [-0.05, 0) is 44.2 Å². The van der Waals surface area contributed by atoms with E-state index in [-0.39, 0.29) is 37.5 Å². The van der Waals surface area contributed by atoms with Crippen molar-refractivity contribution < 1.29 is 24.2 Å². The Morgan fingerprint density at radius 2 is 1.86 bits per heavy atom. The number of aliphatic hydroxyl groups excluding tert-OH is 1. The van der Waals surface area contributed by atoms with Crippen molar-refractivity contribution in [3.8, 4) is 0 Å². The maximum atomic E-state index is 14.8. The average Bonchev–Trinajstić information content (AvgIpc) is 3.74. The summed E-state index contributed by atoms with van der Waals surface area (Å²) in [7, 11) is 0. The van der Waals surface area contributed by atoms with Gasteiger partial charge in [-0.2, -0.15) is 0 Å². The van der Waals surface area contributed by atoms with E-state index in [0.717, 1.165) is 11.9 Å². The predicted octanol–water partition coefficient (Wildman–Crippen LogP) is 2.75. The summed E-state index contributed by atoms with van der Waals surface area (Å²) in [6.07, 6.45) is 6.13. The number of amides is 3. The van der Waals surface area contributed by atoms with Gasteiger partial charge in [-0.1, -0.05) is 50.3 Å². The number of hydrogen-bond donors (Lipinski definition) is 1. The first-order chi connectivity index (χ1) is 20.8. The van der Waals surface area contributed by atoms with Crippen molar-refractivity contribution in [2.24, 2.45) is 11.8 Å². The zero-order valence-electron chi connectivity index (χ0n) is 25.5. The summed E-state index contributed by atoms with van der Waals surface area (Å²) in [6.45, 7) is 14.5. The Bertz CT molecular complexity index is 1390. The normalized spacial score (nSPS) is 28.2. The van der Waals surface area contributed by atoms with Crippen LogP contribution in [-0.4, -0.2) is 102 Å². The van der Waals surface area contributed by atoms with E-state index < -0.39 is 35.1 Å². The van der Waals surface area contributed by atoms with Gasteiger partial charge in [0.05, 0.1) is 35.6 Å². The molecule has 3 saturated heterocycles. The number of hydrogen-bond acceptors (Lipinski definition) is 7. The van der Waals surface area contributed by atoms with Gasteiger partial charge in [-0.25, -0.2) is 4.68 Å². The fourth-order valence-corrected chi connectivity index (χ4v) is 7.76. The molecule has 6 atom stereocenters. The maximum Gasteiger partial charge on any atom is 0.250 e. The van der Waals surface area contributed by atoms with Crippen LogP contribution in [0.2, 0.25) is 0 Å². The lowest BCUT2D eigenvalue weighted by molar-refractivity contribution is -0.158. The first kappa shape index (κ1) is 30.9. The van der Waals surface area contributed by atoms with Gasteiger partial charge >= 0.3 is 0 Å². The summed E-state index contributed by atoms with van der Waals surface area (Å²) in [4.78, 5) is 48.5. The molecule has 2 unspecified atom stereocenters. The van der Waals surface area contributed by atoms with Gasteiger partial charge in [0, 0.05) is 19.6 Å². The number of para-hydroxylation sites is 1. The minimum Gasteiger partial charge on any atom is -0.394 e. The number of carbonyl (C=O) groups excluding carboxylic acids is 3. The molecule has 11 heteroatoms. The third kappa shape index (κ3) is 4.77. The number of fused-ring (bicyclic) bond motifs is 2. The molecule has 0 saturated carbocycles. The minimum atomic E-state index is -1.19. The molecular formula is C32H44N6O5. The van der Waals surface area contributed by atoms with Gasteiger partial charge in [0.2, 0.25) is 17.7 Å². The molecule has 1 aromatic carbocycles. The zero-order valence-corrected chi connectivity index (χ0v) is 25.5. The molecule has 2 bridgehead atoms. The lowest BCUT2D eigenvalue weighted by Crippen LogP contribution is -2.59. The molecule has 5 rings (SSSR count). The number of ether oxygens (including phenoxy) is 1. The molecule has 3 amide bonds. The standard InChI is InChI=1S/C32H44N6O5/c1-6-17-35(18-7-2)28(40)25-26-29(41)38(22(9-4)20-39)27(32(26)16-15-31(25,10-5)43-32)30(42)36(19-8-3)21-37-24-14-12-11-13-23(24)33-34-37/h6,8,11-14,22,25-27,39H,1,3,7,9-10,15-21H2,2,4-5H3/t22-,25+,26-,27?,31-,32?/m0/s1. The second-order valence-corrected chi connectivity index (χ2v) is 12.0. The van der Waals surface area contributed by atoms with E-state index in [9.17, 15) is 19.5 Å². The Balaban J connectivity index is 1.59. The summed E-state index contributed by atoms with van der Waals surface area (Å²) in [6, 6.07) is 5.89. The number of nitrogens with zero attached hydrogens (tertiary/aromatic N) is 6. The highest BCUT2D eigenvalue weighted by atomic mass is 16.5. The molecule has 3 aliphatic rings. The second-order valence-electron chi connectivity index (χ2n) is 12.0. The van der Waals surface area contributed by atoms with E-state index in [4.69, 9.17) is 4.74 Å². The van der Waals surface area contributed by atoms with Gasteiger partial charge in [0.15, 0.2) is 0 Å². The van der Waals surface area contributed by atoms with Crippen LogP contribution in [0, 0.1) is 11.8 Å². The predicted molar refractivity (Wildman–Crippen MR) is 161 cm³/mol. The van der Waals surface area contributed by atoms with Crippen LogP contribution in [0.25, 0.3) is 11.0 Å². The van der Waals surface area contributed by atoms with E-state index in [1.54, 1.807) is 26.6 Å². The highest BCUT2D eigenvalue weighted by molar-refractivity contribution is 5.99. The monoisotopic (exact) mass is 592 g/mol. The van der Waals surface area contributed by atoms with Crippen molar-refractivity contribution in [3.05, 3.63) is 49.6 Å². The molecule has 232 valence electrons. The molecule has 11 nitrogen and oxygen atoms in total. The summed E-state index contributed by atoms with van der Waals surface area (Å²) >= 11 is 0. The van der Waals surface area contributed by atoms with Crippen LogP contribution in [0.15, 0.2) is 49.6 Å². The molecule has 43 heavy (non-hydrogen) atoms. The van der Waals surface area contributed by atoms with E-state index in [1.807, 2.05) is 45.0 Å². The number of carbonyl (C=O) groups is 3. The molecule has 1 N–H and O–H groups in total. The van der Waals surface area contributed by atoms with Gasteiger partial charge in [-0.15, -0.1) is 18.3 Å². The van der Waals surface area contributed by atoms with Crippen LogP contribution < -0.4 is 0 Å². The van der Waals surface area contributed by atoms with Crippen molar-refractivity contribution in [1.29, 1.82) is 0 Å². The molecule has 4 heterocycles. The molecule has 0 aliphatic carbocycles. The van der Waals surface area contributed by atoms with Crippen molar-refractivity contribution in [1.82, 2.24) is 29.7 Å². The summed E-state index contributed by atoms with van der Waals surface area (Å²) in [5, 5.41) is 18.9. The van der Waals surface area contributed by atoms with Crippen molar-refractivity contribution in [2.75, 3.05) is 26.2 Å². The Morgan fingerprint density at radius 3 is 2.51 bits per heavy atom. The quantitative estimate of drug-likeness (QED) is 0.335. The van der Waals surface area contributed by atoms with E-state index >= 15 is 0 Å². The van der Waals surface area contributed by atoms with E-state index in [1.165, 1.54) is 4.90 Å². The van der Waals surface area contributed by atoms with Gasteiger partial charge in [-0.3, -0.25) is 14.4 Å². The Kier molecular flexibility index (Phi) is 8.76. The van der Waals surface area contributed by atoms with Crippen LogP contribution >= 0.6 is 0 Å². The molecule has 1 aromatic heterocycles. The summed E-state index contributed by atoms with van der Waals surface area (Å²) in [5.41, 5.74) is -0.561. The van der Waals surface area contributed by atoms with Gasteiger partial charge < -0.3 is 24.5 Å². The minimum absolute atomic E-state index is 0.0887. The van der Waals surface area contributed by atoms with Crippen LogP contribution in [0.1, 0.15) is 52.9 Å². The Hall–Kier alpha value is -3.57. The number of benzene rings is 1. The number of rotatable bonds is 14. The maximum absolute atomic E-state index is 14.8. The molecule has 3 fully saturated rings. The molecular weight excluding hydrogens is 548 g/mol. The average molecular weight is 593 g/mol. The molecule has 2 aromatic rings. The van der Waals surface area contributed by atoms with Crippen LogP contribution in [-0.2, 0) is 25.8 Å². The highest BCUT2D eigenvalue weighted by Gasteiger charge is 2.79. The lowest BCUT2D eigenvalue weighted by Gasteiger charge is -2.39. The zero-order chi connectivity index (χ0) is 30.9. The van der Waals surface area contributed by atoms with Crippen LogP contribution in [0.4, 0.5) is 0 Å². The smallest absolute Gasteiger partial charge is 0.250 e. The summed E-state index contributed by atoms with van der Waals surface area (Å²) < 4.78 is 8.60. The Labute approximate surface area is 253 Å².